The fourth-order valence-corrected chi connectivity index (χ4v) is 1.98. The van der Waals surface area contributed by atoms with Crippen LogP contribution >= 0.6 is 0 Å². The number of fused-ring (bicyclic) bond motifs is 1. The number of aromatic nitrogens is 1. The summed E-state index contributed by atoms with van der Waals surface area (Å²) in [5.41, 5.74) is 8.61. The number of ether oxygens (including phenoxy) is 1. The summed E-state index contributed by atoms with van der Waals surface area (Å²) < 4.78 is 10.4. The molecule has 1 amide bonds. The van der Waals surface area contributed by atoms with Crippen molar-refractivity contribution in [3.63, 3.8) is 0 Å². The van der Waals surface area contributed by atoms with Crippen LogP contribution in [0.3, 0.4) is 0 Å². The van der Waals surface area contributed by atoms with Gasteiger partial charge in [-0.1, -0.05) is 5.16 Å². The number of carbonyl (C=O) groups is 1. The molecule has 0 radical (unpaired) electrons. The van der Waals surface area contributed by atoms with E-state index in [9.17, 15) is 4.79 Å². The van der Waals surface area contributed by atoms with E-state index >= 15 is 0 Å². The van der Waals surface area contributed by atoms with Crippen molar-refractivity contribution in [2.45, 2.75) is 13.5 Å². The smallest absolute Gasteiger partial charge is 0.262 e. The van der Waals surface area contributed by atoms with E-state index in [4.69, 9.17) is 15.0 Å². The maximum atomic E-state index is 11.3. The second-order valence-electron chi connectivity index (χ2n) is 4.56. The topological polar surface area (TPSA) is 102 Å². The van der Waals surface area contributed by atoms with Crippen LogP contribution in [0.4, 0.5) is 17.1 Å². The number of nitrogens with zero attached hydrogens (tertiary/aromatic N) is 1. The Labute approximate surface area is 115 Å². The first kappa shape index (κ1) is 12.3. The molecule has 0 atom stereocenters. The van der Waals surface area contributed by atoms with Gasteiger partial charge in [0.15, 0.2) is 12.4 Å². The summed E-state index contributed by atoms with van der Waals surface area (Å²) in [7, 11) is 0. The van der Waals surface area contributed by atoms with Gasteiger partial charge in [0, 0.05) is 12.1 Å². The summed E-state index contributed by atoms with van der Waals surface area (Å²) in [4.78, 5) is 11.3. The Morgan fingerprint density at radius 3 is 3.05 bits per heavy atom. The molecule has 7 nitrogen and oxygen atoms in total. The van der Waals surface area contributed by atoms with Crippen LogP contribution in [0.5, 0.6) is 5.75 Å². The fraction of sp³-hybridized carbons (Fsp3) is 0.231. The van der Waals surface area contributed by atoms with Gasteiger partial charge in [0.25, 0.3) is 5.91 Å². The maximum Gasteiger partial charge on any atom is 0.262 e. The highest BCUT2D eigenvalue weighted by Crippen LogP contribution is 2.35. The molecule has 1 aliphatic rings. The summed E-state index contributed by atoms with van der Waals surface area (Å²) in [6.07, 6.45) is 0. The molecular formula is C13H14N4O3. The molecule has 4 N–H and O–H groups in total. The molecule has 0 spiro atoms. The van der Waals surface area contributed by atoms with Crippen molar-refractivity contribution >= 4 is 23.0 Å². The van der Waals surface area contributed by atoms with E-state index in [0.29, 0.717) is 35.1 Å². The minimum absolute atomic E-state index is 0.0105. The highest BCUT2D eigenvalue weighted by atomic mass is 16.5. The van der Waals surface area contributed by atoms with Gasteiger partial charge in [-0.15, -0.1) is 0 Å². The number of anilines is 3. The summed E-state index contributed by atoms with van der Waals surface area (Å²) in [6.45, 7) is 2.32. The van der Waals surface area contributed by atoms with Gasteiger partial charge in [0.2, 0.25) is 0 Å². The van der Waals surface area contributed by atoms with Crippen LogP contribution in [0.25, 0.3) is 0 Å². The first-order valence-electron chi connectivity index (χ1n) is 6.14. The molecule has 2 aromatic rings. The minimum Gasteiger partial charge on any atom is -0.482 e. The molecule has 0 saturated heterocycles. The minimum atomic E-state index is -0.181. The molecule has 0 aliphatic carbocycles. The van der Waals surface area contributed by atoms with E-state index in [2.05, 4.69) is 15.8 Å². The Kier molecular flexibility index (Phi) is 2.94. The van der Waals surface area contributed by atoms with E-state index in [0.717, 1.165) is 5.69 Å². The number of nitrogens with one attached hydrogen (secondary N) is 2. The van der Waals surface area contributed by atoms with Gasteiger partial charge in [-0.05, 0) is 13.0 Å². The maximum absolute atomic E-state index is 11.3. The van der Waals surface area contributed by atoms with Crippen LogP contribution in [0.15, 0.2) is 22.7 Å². The number of amides is 1. The van der Waals surface area contributed by atoms with Crippen LogP contribution in [-0.2, 0) is 11.3 Å². The average molecular weight is 274 g/mol. The van der Waals surface area contributed by atoms with Gasteiger partial charge in [0.1, 0.15) is 5.75 Å². The summed E-state index contributed by atoms with van der Waals surface area (Å²) in [6, 6.07) is 5.26. The summed E-state index contributed by atoms with van der Waals surface area (Å²) in [5.74, 6) is 1.10. The lowest BCUT2D eigenvalue weighted by atomic mass is 10.2. The van der Waals surface area contributed by atoms with Crippen molar-refractivity contribution in [3.05, 3.63) is 29.7 Å². The summed E-state index contributed by atoms with van der Waals surface area (Å²) in [5, 5.41) is 9.68. The van der Waals surface area contributed by atoms with Crippen molar-refractivity contribution in [2.24, 2.45) is 0 Å². The third-order valence-electron chi connectivity index (χ3n) is 2.91. The molecule has 20 heavy (non-hydrogen) atoms. The van der Waals surface area contributed by atoms with Crippen molar-refractivity contribution in [1.29, 1.82) is 0 Å². The molecule has 1 aliphatic heterocycles. The molecule has 1 aromatic heterocycles. The number of hydrogen-bond acceptors (Lipinski definition) is 6. The van der Waals surface area contributed by atoms with E-state index < -0.39 is 0 Å². The Hall–Kier alpha value is -2.70. The number of aryl methyl sites for hydroxylation is 1. The number of benzene rings is 1. The first-order chi connectivity index (χ1) is 9.61. The van der Waals surface area contributed by atoms with Crippen molar-refractivity contribution in [1.82, 2.24) is 5.16 Å². The van der Waals surface area contributed by atoms with E-state index in [1.165, 1.54) is 0 Å². The number of rotatable bonds is 3. The van der Waals surface area contributed by atoms with Gasteiger partial charge in [0.05, 0.1) is 29.3 Å². The second-order valence-corrected chi connectivity index (χ2v) is 4.56. The molecule has 2 heterocycles. The van der Waals surface area contributed by atoms with Gasteiger partial charge in [-0.3, -0.25) is 4.79 Å². The van der Waals surface area contributed by atoms with Gasteiger partial charge >= 0.3 is 0 Å². The van der Waals surface area contributed by atoms with E-state index in [-0.39, 0.29) is 12.5 Å². The number of nitrogen functional groups attached to an aromatic ring is 1. The Morgan fingerprint density at radius 2 is 2.30 bits per heavy atom. The number of hydrogen-bond donors (Lipinski definition) is 3. The molecule has 0 unspecified atom stereocenters. The zero-order valence-corrected chi connectivity index (χ0v) is 10.9. The van der Waals surface area contributed by atoms with Crippen molar-refractivity contribution in [3.8, 4) is 5.75 Å². The third-order valence-corrected chi connectivity index (χ3v) is 2.91. The van der Waals surface area contributed by atoms with Crippen LogP contribution in [0.2, 0.25) is 0 Å². The molecule has 3 rings (SSSR count). The second kappa shape index (κ2) is 4.76. The van der Waals surface area contributed by atoms with Crippen LogP contribution in [0, 0.1) is 6.92 Å². The normalized spacial score (nSPS) is 13.3. The van der Waals surface area contributed by atoms with Crippen LogP contribution < -0.4 is 21.1 Å². The largest absolute Gasteiger partial charge is 0.482 e. The quantitative estimate of drug-likeness (QED) is 0.733. The third kappa shape index (κ3) is 2.37. The van der Waals surface area contributed by atoms with Gasteiger partial charge < -0.3 is 25.6 Å². The highest BCUT2D eigenvalue weighted by Gasteiger charge is 2.17. The molecule has 0 saturated carbocycles. The fourth-order valence-electron chi connectivity index (χ4n) is 1.98. The number of carbonyl (C=O) groups excluding carboxylic acids is 1. The highest BCUT2D eigenvalue weighted by molar-refractivity contribution is 5.97. The number of nitrogens with two attached hydrogens (primary N) is 1. The van der Waals surface area contributed by atoms with Crippen molar-refractivity contribution < 1.29 is 14.1 Å². The zero-order valence-electron chi connectivity index (χ0n) is 10.9. The molecular weight excluding hydrogens is 260 g/mol. The Bertz CT molecular complexity index is 666. The van der Waals surface area contributed by atoms with Crippen LogP contribution in [0.1, 0.15) is 11.5 Å². The predicted octanol–water partition coefficient (Wildman–Crippen LogP) is 1.51. The monoisotopic (exact) mass is 274 g/mol. The summed E-state index contributed by atoms with van der Waals surface area (Å²) >= 11 is 0. The molecule has 0 bridgehead atoms. The lowest BCUT2D eigenvalue weighted by molar-refractivity contribution is -0.118. The van der Waals surface area contributed by atoms with Crippen LogP contribution in [-0.4, -0.2) is 17.7 Å². The van der Waals surface area contributed by atoms with E-state index in [1.807, 2.05) is 13.0 Å². The molecule has 7 heteroatoms. The first-order valence-corrected chi connectivity index (χ1v) is 6.14. The molecule has 104 valence electrons. The lowest BCUT2D eigenvalue weighted by Crippen LogP contribution is -2.25. The van der Waals surface area contributed by atoms with Gasteiger partial charge in [-0.2, -0.15) is 0 Å². The standard InChI is InChI=1S/C13H14N4O3/c1-7-2-8(20-17-7)5-15-10-4-11-12(3-9(10)14)19-6-13(18)16-11/h2-4,15H,5-6,14H2,1H3,(H,16,18). The van der Waals surface area contributed by atoms with Gasteiger partial charge in [-0.25, -0.2) is 0 Å². The van der Waals surface area contributed by atoms with E-state index in [1.54, 1.807) is 12.1 Å². The Balaban J connectivity index is 1.79. The zero-order chi connectivity index (χ0) is 14.1. The SMILES string of the molecule is Cc1cc(CNc2cc3c(cc2N)OCC(=O)N3)on1. The molecule has 1 aromatic carbocycles. The Morgan fingerprint density at radius 1 is 1.45 bits per heavy atom. The molecule has 0 fully saturated rings. The lowest BCUT2D eigenvalue weighted by Gasteiger charge is -2.20. The van der Waals surface area contributed by atoms with Crippen molar-refractivity contribution in [2.75, 3.05) is 23.0 Å². The average Bonchev–Trinajstić information content (AvgIpc) is 2.83. The predicted molar refractivity (Wildman–Crippen MR) is 73.5 cm³/mol.